The summed E-state index contributed by atoms with van der Waals surface area (Å²) in [6.45, 7) is 4.68. The Kier molecular flexibility index (Phi) is 5.51. The van der Waals surface area contributed by atoms with Crippen LogP contribution in [0.15, 0.2) is 42.7 Å². The van der Waals surface area contributed by atoms with Crippen LogP contribution in [0.25, 0.3) is 0 Å². The van der Waals surface area contributed by atoms with Crippen LogP contribution in [0.3, 0.4) is 0 Å². The molecule has 112 valence electrons. The molecule has 0 saturated heterocycles. The largest absolute Gasteiger partial charge is 0.475 e. The fourth-order valence-corrected chi connectivity index (χ4v) is 1.96. The number of nitrogens with two attached hydrogens (primary N) is 1. The van der Waals surface area contributed by atoms with Gasteiger partial charge in [0.05, 0.1) is 6.10 Å². The van der Waals surface area contributed by atoms with E-state index in [0.29, 0.717) is 5.88 Å². The lowest BCUT2D eigenvalue weighted by Gasteiger charge is -2.13. The normalized spacial score (nSPS) is 12.2. The van der Waals surface area contributed by atoms with Gasteiger partial charge in [0.25, 0.3) is 0 Å². The highest BCUT2D eigenvalue weighted by Gasteiger charge is 2.06. The lowest BCUT2D eigenvalue weighted by atomic mass is 10.1. The van der Waals surface area contributed by atoms with Crippen molar-refractivity contribution in [2.24, 2.45) is 5.73 Å². The maximum Gasteiger partial charge on any atom is 0.218 e. The van der Waals surface area contributed by atoms with Crippen LogP contribution in [0, 0.1) is 0 Å². The Labute approximate surface area is 125 Å². The second-order valence-corrected chi connectivity index (χ2v) is 5.14. The summed E-state index contributed by atoms with van der Waals surface area (Å²) in [5, 5.41) is 3.25. The van der Waals surface area contributed by atoms with Crippen LogP contribution in [-0.4, -0.2) is 22.6 Å². The van der Waals surface area contributed by atoms with Crippen molar-refractivity contribution in [1.82, 2.24) is 9.97 Å². The summed E-state index contributed by atoms with van der Waals surface area (Å²) >= 11 is 0. The summed E-state index contributed by atoms with van der Waals surface area (Å²) in [4.78, 5) is 8.25. The molecular weight excluding hydrogens is 264 g/mol. The van der Waals surface area contributed by atoms with Gasteiger partial charge in [0.15, 0.2) is 0 Å². The van der Waals surface area contributed by atoms with E-state index in [1.54, 1.807) is 6.07 Å². The first-order valence-electron chi connectivity index (χ1n) is 7.18. The van der Waals surface area contributed by atoms with Gasteiger partial charge < -0.3 is 15.8 Å². The van der Waals surface area contributed by atoms with Gasteiger partial charge in [-0.3, -0.25) is 0 Å². The maximum atomic E-state index is 6.16. The Morgan fingerprint density at radius 2 is 1.95 bits per heavy atom. The van der Waals surface area contributed by atoms with Crippen molar-refractivity contribution >= 4 is 5.82 Å². The Hall–Kier alpha value is -2.14. The van der Waals surface area contributed by atoms with Crippen LogP contribution in [0.2, 0.25) is 0 Å². The van der Waals surface area contributed by atoms with Crippen molar-refractivity contribution in [3.05, 3.63) is 48.3 Å². The molecule has 0 amide bonds. The number of nitrogens with zero attached hydrogens (tertiary/aromatic N) is 2. The molecule has 2 aromatic rings. The standard InChI is InChI=1S/C16H22N4O/c1-12(2)21-16-10-15(19-11-20-16)18-9-8-14(17)13-6-4-3-5-7-13/h3-7,10-12,14H,8-9,17H2,1-2H3,(H,18,19,20). The van der Waals surface area contributed by atoms with Crippen molar-refractivity contribution in [3.63, 3.8) is 0 Å². The molecule has 5 nitrogen and oxygen atoms in total. The molecule has 0 radical (unpaired) electrons. The highest BCUT2D eigenvalue weighted by Crippen LogP contribution is 2.15. The third-order valence-electron chi connectivity index (χ3n) is 2.99. The van der Waals surface area contributed by atoms with E-state index in [4.69, 9.17) is 10.5 Å². The maximum absolute atomic E-state index is 6.16. The van der Waals surface area contributed by atoms with Gasteiger partial charge in [-0.2, -0.15) is 0 Å². The second kappa shape index (κ2) is 7.59. The zero-order valence-electron chi connectivity index (χ0n) is 12.5. The number of hydrogen-bond acceptors (Lipinski definition) is 5. The molecular formula is C16H22N4O. The number of hydrogen-bond donors (Lipinski definition) is 2. The molecule has 0 spiro atoms. The molecule has 0 aliphatic rings. The smallest absolute Gasteiger partial charge is 0.218 e. The average Bonchev–Trinajstić information content (AvgIpc) is 2.48. The van der Waals surface area contributed by atoms with Crippen LogP contribution >= 0.6 is 0 Å². The van der Waals surface area contributed by atoms with Crippen LogP contribution in [-0.2, 0) is 0 Å². The molecule has 21 heavy (non-hydrogen) atoms. The first-order valence-corrected chi connectivity index (χ1v) is 7.18. The summed E-state index contributed by atoms with van der Waals surface area (Å²) in [6.07, 6.45) is 2.42. The molecule has 5 heteroatoms. The monoisotopic (exact) mass is 286 g/mol. The Morgan fingerprint density at radius 1 is 1.19 bits per heavy atom. The van der Waals surface area contributed by atoms with Crippen molar-refractivity contribution in [1.29, 1.82) is 0 Å². The number of aromatic nitrogens is 2. The first-order chi connectivity index (χ1) is 10.1. The molecule has 0 saturated carbocycles. The lowest BCUT2D eigenvalue weighted by molar-refractivity contribution is 0.232. The first kappa shape index (κ1) is 15.3. The van der Waals surface area contributed by atoms with Crippen molar-refractivity contribution in [2.75, 3.05) is 11.9 Å². The van der Waals surface area contributed by atoms with E-state index < -0.39 is 0 Å². The van der Waals surface area contributed by atoms with E-state index in [2.05, 4.69) is 15.3 Å². The lowest BCUT2D eigenvalue weighted by Crippen LogP contribution is -2.15. The third-order valence-corrected chi connectivity index (χ3v) is 2.99. The fourth-order valence-electron chi connectivity index (χ4n) is 1.96. The molecule has 1 heterocycles. The van der Waals surface area contributed by atoms with E-state index in [-0.39, 0.29) is 12.1 Å². The van der Waals surface area contributed by atoms with Gasteiger partial charge in [-0.05, 0) is 25.8 Å². The predicted molar refractivity (Wildman–Crippen MR) is 84.3 cm³/mol. The van der Waals surface area contributed by atoms with Gasteiger partial charge >= 0.3 is 0 Å². The van der Waals surface area contributed by atoms with Crippen LogP contribution in [0.1, 0.15) is 31.9 Å². The molecule has 0 fully saturated rings. The van der Waals surface area contributed by atoms with E-state index >= 15 is 0 Å². The molecule has 2 rings (SSSR count). The summed E-state index contributed by atoms with van der Waals surface area (Å²) in [5.41, 5.74) is 7.30. The molecule has 0 bridgehead atoms. The second-order valence-electron chi connectivity index (χ2n) is 5.14. The average molecular weight is 286 g/mol. The summed E-state index contributed by atoms with van der Waals surface area (Å²) in [5.74, 6) is 1.33. The van der Waals surface area contributed by atoms with Crippen LogP contribution in [0.5, 0.6) is 5.88 Å². The molecule has 1 atom stereocenters. The van der Waals surface area contributed by atoms with E-state index in [0.717, 1.165) is 24.3 Å². The minimum Gasteiger partial charge on any atom is -0.475 e. The fraction of sp³-hybridized carbons (Fsp3) is 0.375. The highest BCUT2D eigenvalue weighted by molar-refractivity contribution is 5.37. The minimum atomic E-state index is 0.0203. The van der Waals surface area contributed by atoms with Gasteiger partial charge in [0, 0.05) is 18.7 Å². The zero-order valence-corrected chi connectivity index (χ0v) is 12.5. The van der Waals surface area contributed by atoms with Crippen molar-refractivity contribution in [3.8, 4) is 5.88 Å². The zero-order chi connectivity index (χ0) is 15.1. The third kappa shape index (κ3) is 5.04. The number of benzene rings is 1. The number of rotatable bonds is 7. The van der Waals surface area contributed by atoms with Gasteiger partial charge in [0.1, 0.15) is 12.1 Å². The predicted octanol–water partition coefficient (Wildman–Crippen LogP) is 2.77. The molecule has 0 aliphatic heterocycles. The molecule has 1 aromatic carbocycles. The summed E-state index contributed by atoms with van der Waals surface area (Å²) < 4.78 is 5.54. The van der Waals surface area contributed by atoms with Crippen molar-refractivity contribution in [2.45, 2.75) is 32.4 Å². The minimum absolute atomic E-state index is 0.0203. The number of anilines is 1. The van der Waals surface area contributed by atoms with Gasteiger partial charge in [-0.25, -0.2) is 9.97 Å². The SMILES string of the molecule is CC(C)Oc1cc(NCCC(N)c2ccccc2)ncn1. The van der Waals surface area contributed by atoms with Crippen LogP contribution in [0.4, 0.5) is 5.82 Å². The molecule has 3 N–H and O–H groups in total. The number of ether oxygens (including phenoxy) is 1. The van der Waals surface area contributed by atoms with E-state index in [1.807, 2.05) is 44.2 Å². The van der Waals surface area contributed by atoms with Crippen LogP contribution < -0.4 is 15.8 Å². The molecule has 0 aliphatic carbocycles. The van der Waals surface area contributed by atoms with Gasteiger partial charge in [-0.15, -0.1) is 0 Å². The topological polar surface area (TPSA) is 73.1 Å². The summed E-state index contributed by atoms with van der Waals surface area (Å²) in [7, 11) is 0. The Morgan fingerprint density at radius 3 is 2.67 bits per heavy atom. The number of nitrogens with one attached hydrogen (secondary N) is 1. The Bertz CT molecular complexity index is 545. The summed E-state index contributed by atoms with van der Waals surface area (Å²) in [6, 6.07) is 11.9. The van der Waals surface area contributed by atoms with E-state index in [1.165, 1.54) is 6.33 Å². The highest BCUT2D eigenvalue weighted by atomic mass is 16.5. The van der Waals surface area contributed by atoms with E-state index in [9.17, 15) is 0 Å². The van der Waals surface area contributed by atoms with Gasteiger partial charge in [-0.1, -0.05) is 30.3 Å². The van der Waals surface area contributed by atoms with Gasteiger partial charge in [0.2, 0.25) is 5.88 Å². The molecule has 1 aromatic heterocycles. The molecule has 1 unspecified atom stereocenters. The Balaban J connectivity index is 1.83. The quantitative estimate of drug-likeness (QED) is 0.818. The van der Waals surface area contributed by atoms with Crippen molar-refractivity contribution < 1.29 is 4.74 Å².